The van der Waals surface area contributed by atoms with Gasteiger partial charge in [-0.3, -0.25) is 19.9 Å². The minimum Gasteiger partial charge on any atom is -0.322 e. The number of nitrogens with one attached hydrogen (secondary N) is 3. The van der Waals surface area contributed by atoms with Gasteiger partial charge in [-0.1, -0.05) is 30.3 Å². The number of amides is 4. The molecule has 0 bridgehead atoms. The monoisotopic (exact) mass is 452 g/mol. The van der Waals surface area contributed by atoms with E-state index in [4.69, 9.17) is 0 Å². The predicted octanol–water partition coefficient (Wildman–Crippen LogP) is 3.24. The fourth-order valence-corrected chi connectivity index (χ4v) is 3.82. The number of anilines is 1. The highest BCUT2D eigenvalue weighted by atomic mass is 16.2. The predicted molar refractivity (Wildman–Crippen MR) is 125 cm³/mol. The quantitative estimate of drug-likeness (QED) is 0.402. The summed E-state index contributed by atoms with van der Waals surface area (Å²) in [5, 5.41) is 12.4. The fraction of sp³-hybridized carbons (Fsp3) is 0.0800. The second-order valence-electron chi connectivity index (χ2n) is 7.98. The Morgan fingerprint density at radius 3 is 2.56 bits per heavy atom. The van der Waals surface area contributed by atoms with Crippen molar-refractivity contribution in [1.82, 2.24) is 25.4 Å². The number of pyridine rings is 1. The highest BCUT2D eigenvalue weighted by Gasteiger charge is 2.43. The van der Waals surface area contributed by atoms with E-state index in [0.29, 0.717) is 28.1 Å². The van der Waals surface area contributed by atoms with Crippen LogP contribution in [0.4, 0.5) is 10.5 Å². The molecule has 34 heavy (non-hydrogen) atoms. The minimum absolute atomic E-state index is 0.361. The number of carbonyl (C=O) groups is 3. The zero-order valence-electron chi connectivity index (χ0n) is 18.1. The summed E-state index contributed by atoms with van der Waals surface area (Å²) < 4.78 is 1.65. The molecule has 1 aliphatic heterocycles. The van der Waals surface area contributed by atoms with E-state index in [1.54, 1.807) is 60.5 Å². The summed E-state index contributed by atoms with van der Waals surface area (Å²) in [6.07, 6.45) is 4.97. The van der Waals surface area contributed by atoms with Crippen LogP contribution in [-0.4, -0.2) is 32.6 Å². The van der Waals surface area contributed by atoms with Crippen LogP contribution in [0, 0.1) is 0 Å². The third kappa shape index (κ3) is 3.79. The van der Waals surface area contributed by atoms with Crippen LogP contribution in [0.3, 0.4) is 0 Å². The van der Waals surface area contributed by atoms with Crippen molar-refractivity contribution >= 4 is 23.5 Å². The van der Waals surface area contributed by atoms with Crippen LogP contribution in [0.25, 0.3) is 16.9 Å². The van der Waals surface area contributed by atoms with Crippen molar-refractivity contribution in [2.75, 3.05) is 5.32 Å². The number of nitrogens with zero attached hydrogens (tertiary/aromatic N) is 3. The van der Waals surface area contributed by atoms with Gasteiger partial charge in [0.15, 0.2) is 0 Å². The number of para-hydroxylation sites is 1. The van der Waals surface area contributed by atoms with Crippen LogP contribution in [0.5, 0.6) is 0 Å². The molecule has 1 atom stereocenters. The molecule has 168 valence electrons. The number of hydrogen-bond donors (Lipinski definition) is 3. The summed E-state index contributed by atoms with van der Waals surface area (Å²) in [5.74, 6) is -0.827. The Morgan fingerprint density at radius 1 is 1.03 bits per heavy atom. The number of imide groups is 1. The lowest BCUT2D eigenvalue weighted by Gasteiger charge is -2.21. The van der Waals surface area contributed by atoms with Crippen molar-refractivity contribution < 1.29 is 14.4 Å². The number of urea groups is 1. The molecule has 2 aromatic carbocycles. The first kappa shape index (κ1) is 21.1. The maximum atomic E-state index is 13.3. The van der Waals surface area contributed by atoms with Gasteiger partial charge in [-0.05, 0) is 48.9 Å². The van der Waals surface area contributed by atoms with E-state index in [2.05, 4.69) is 26.0 Å². The van der Waals surface area contributed by atoms with Crippen molar-refractivity contribution in [2.45, 2.75) is 12.5 Å². The van der Waals surface area contributed by atoms with Crippen molar-refractivity contribution in [1.29, 1.82) is 0 Å². The van der Waals surface area contributed by atoms with Gasteiger partial charge in [-0.25, -0.2) is 9.48 Å². The molecule has 3 heterocycles. The van der Waals surface area contributed by atoms with Gasteiger partial charge in [-0.15, -0.1) is 0 Å². The summed E-state index contributed by atoms with van der Waals surface area (Å²) in [5.41, 5.74) is 2.15. The molecule has 9 nitrogen and oxygen atoms in total. The Balaban J connectivity index is 1.49. The lowest BCUT2D eigenvalue weighted by atomic mass is 9.92. The van der Waals surface area contributed by atoms with Gasteiger partial charge in [0.2, 0.25) is 0 Å². The van der Waals surface area contributed by atoms with E-state index in [1.165, 1.54) is 0 Å². The van der Waals surface area contributed by atoms with Crippen LogP contribution >= 0.6 is 0 Å². The van der Waals surface area contributed by atoms with E-state index in [-0.39, 0.29) is 5.91 Å². The molecule has 1 saturated heterocycles. The number of carbonyl (C=O) groups excluding carboxylic acids is 3. The summed E-state index contributed by atoms with van der Waals surface area (Å²) in [6, 6.07) is 19.3. The number of benzene rings is 2. The van der Waals surface area contributed by atoms with Gasteiger partial charge in [0.05, 0.1) is 11.3 Å². The van der Waals surface area contributed by atoms with Crippen molar-refractivity contribution in [3.05, 3.63) is 96.4 Å². The zero-order chi connectivity index (χ0) is 23.7. The Bertz CT molecular complexity index is 1400. The van der Waals surface area contributed by atoms with E-state index in [1.807, 2.05) is 36.4 Å². The second kappa shape index (κ2) is 8.28. The molecule has 3 N–H and O–H groups in total. The summed E-state index contributed by atoms with van der Waals surface area (Å²) in [6.45, 7) is 1.61. The minimum atomic E-state index is -1.23. The van der Waals surface area contributed by atoms with Gasteiger partial charge in [0.25, 0.3) is 11.8 Å². The highest BCUT2D eigenvalue weighted by Crippen LogP contribution is 2.28. The molecule has 0 spiro atoms. The molecule has 1 unspecified atom stereocenters. The first-order valence-corrected chi connectivity index (χ1v) is 10.5. The van der Waals surface area contributed by atoms with E-state index < -0.39 is 17.5 Å². The van der Waals surface area contributed by atoms with Crippen molar-refractivity contribution in [3.8, 4) is 16.9 Å². The van der Waals surface area contributed by atoms with Crippen LogP contribution in [0.1, 0.15) is 22.8 Å². The van der Waals surface area contributed by atoms with E-state index >= 15 is 0 Å². The molecule has 1 fully saturated rings. The standard InChI is InChI=1S/C25H20N6O3/c1-25(23(33)28-24(34)29-25)17-8-5-9-18(13-17)27-22(32)20-15-31(19-10-3-2-4-11-19)30-21(20)16-7-6-12-26-14-16/h2-15H,1H3,(H,27,32)(H2,28,29,33,34). The normalized spacial score (nSPS) is 17.2. The van der Waals surface area contributed by atoms with Crippen molar-refractivity contribution in [2.24, 2.45) is 0 Å². The molecule has 2 aromatic heterocycles. The van der Waals surface area contributed by atoms with E-state index in [0.717, 1.165) is 5.69 Å². The number of aromatic nitrogens is 3. The fourth-order valence-electron chi connectivity index (χ4n) is 3.82. The molecule has 0 radical (unpaired) electrons. The van der Waals surface area contributed by atoms with Crippen LogP contribution < -0.4 is 16.0 Å². The Labute approximate surface area is 194 Å². The molecule has 0 saturated carbocycles. The Kier molecular flexibility index (Phi) is 5.14. The molecule has 5 rings (SSSR count). The SMILES string of the molecule is CC1(c2cccc(NC(=O)c3cn(-c4ccccc4)nc3-c3cccnc3)c2)NC(=O)NC1=O. The molecule has 1 aliphatic rings. The Hall–Kier alpha value is -4.79. The van der Waals surface area contributed by atoms with Crippen LogP contribution in [0.15, 0.2) is 85.3 Å². The first-order chi connectivity index (χ1) is 16.4. The number of hydrogen-bond acceptors (Lipinski definition) is 5. The lowest BCUT2D eigenvalue weighted by molar-refractivity contribution is -0.123. The maximum absolute atomic E-state index is 13.3. The van der Waals surface area contributed by atoms with Crippen molar-refractivity contribution in [3.63, 3.8) is 0 Å². The third-order valence-electron chi connectivity index (χ3n) is 5.66. The summed E-state index contributed by atoms with van der Waals surface area (Å²) >= 11 is 0. The molecule has 4 amide bonds. The topological polar surface area (TPSA) is 118 Å². The van der Waals surface area contributed by atoms with Gasteiger partial charge in [0, 0.05) is 29.8 Å². The first-order valence-electron chi connectivity index (χ1n) is 10.5. The molecular formula is C25H20N6O3. The lowest BCUT2D eigenvalue weighted by Crippen LogP contribution is -2.40. The third-order valence-corrected chi connectivity index (χ3v) is 5.66. The Morgan fingerprint density at radius 2 is 1.85 bits per heavy atom. The van der Waals surface area contributed by atoms with Crippen LogP contribution in [0.2, 0.25) is 0 Å². The van der Waals surface area contributed by atoms with Gasteiger partial charge < -0.3 is 10.6 Å². The smallest absolute Gasteiger partial charge is 0.322 e. The average Bonchev–Trinajstić information content (AvgIpc) is 3.42. The molecular weight excluding hydrogens is 432 g/mol. The molecule has 4 aromatic rings. The van der Waals surface area contributed by atoms with Gasteiger partial charge in [-0.2, -0.15) is 5.10 Å². The molecule has 9 heteroatoms. The van der Waals surface area contributed by atoms with Gasteiger partial charge >= 0.3 is 6.03 Å². The largest absolute Gasteiger partial charge is 0.322 e. The van der Waals surface area contributed by atoms with E-state index in [9.17, 15) is 14.4 Å². The second-order valence-corrected chi connectivity index (χ2v) is 7.98. The number of rotatable bonds is 5. The van der Waals surface area contributed by atoms with Crippen LogP contribution in [-0.2, 0) is 10.3 Å². The summed E-state index contributed by atoms with van der Waals surface area (Å²) in [4.78, 5) is 41.5. The molecule has 0 aliphatic carbocycles. The zero-order valence-corrected chi connectivity index (χ0v) is 18.1. The van der Waals surface area contributed by atoms with Gasteiger partial charge in [0.1, 0.15) is 11.2 Å². The maximum Gasteiger partial charge on any atom is 0.322 e. The average molecular weight is 452 g/mol. The highest BCUT2D eigenvalue weighted by molar-refractivity contribution is 6.09. The summed E-state index contributed by atoms with van der Waals surface area (Å²) in [7, 11) is 0.